The van der Waals surface area contributed by atoms with E-state index < -0.39 is 5.97 Å². The maximum Gasteiger partial charge on any atom is 0.335 e. The molecule has 2 heterocycles. The Balaban J connectivity index is 1.24. The third kappa shape index (κ3) is 3.76. The smallest absolute Gasteiger partial charge is 0.335 e. The van der Waals surface area contributed by atoms with E-state index in [0.29, 0.717) is 23.5 Å². The summed E-state index contributed by atoms with van der Waals surface area (Å²) in [7, 11) is 0. The molecule has 1 N–H and O–H groups in total. The number of piperidine rings is 1. The zero-order chi connectivity index (χ0) is 21.6. The van der Waals surface area contributed by atoms with Gasteiger partial charge in [0.05, 0.1) is 5.56 Å². The summed E-state index contributed by atoms with van der Waals surface area (Å²) in [5.74, 6) is -0.146. The summed E-state index contributed by atoms with van der Waals surface area (Å²) >= 11 is 0. The molecule has 2 saturated heterocycles. The Kier molecular flexibility index (Phi) is 5.09. The van der Waals surface area contributed by atoms with Crippen molar-refractivity contribution in [1.29, 1.82) is 0 Å². The summed E-state index contributed by atoms with van der Waals surface area (Å²) in [5.41, 5.74) is 4.13. The molecule has 31 heavy (non-hydrogen) atoms. The number of hydrogen-bond donors (Lipinski definition) is 1. The molecule has 5 heteroatoms. The third-order valence-electron chi connectivity index (χ3n) is 7.54. The number of ether oxygens (including phenoxy) is 1. The van der Waals surface area contributed by atoms with Crippen LogP contribution in [0.2, 0.25) is 0 Å². The van der Waals surface area contributed by atoms with Crippen molar-refractivity contribution in [3.05, 3.63) is 59.7 Å². The van der Waals surface area contributed by atoms with Crippen LogP contribution in [-0.2, 0) is 9.53 Å². The van der Waals surface area contributed by atoms with E-state index in [4.69, 9.17) is 9.84 Å². The van der Waals surface area contributed by atoms with Gasteiger partial charge >= 0.3 is 5.97 Å². The zero-order valence-electron chi connectivity index (χ0n) is 17.9. The number of rotatable bonds is 4. The number of aromatic carboxylic acids is 1. The highest BCUT2D eigenvalue weighted by Crippen LogP contribution is 2.65. The van der Waals surface area contributed by atoms with Gasteiger partial charge in [0.15, 0.2) is 0 Å². The van der Waals surface area contributed by atoms with Crippen LogP contribution in [-0.4, -0.2) is 47.2 Å². The summed E-state index contributed by atoms with van der Waals surface area (Å²) in [5, 5.41) is 9.06. The first kappa shape index (κ1) is 20.3. The van der Waals surface area contributed by atoms with E-state index in [-0.39, 0.29) is 18.1 Å². The molecular weight excluding hydrogens is 390 g/mol. The normalized spacial score (nSPS) is 29.8. The minimum absolute atomic E-state index is 0.190. The van der Waals surface area contributed by atoms with Crippen molar-refractivity contribution in [2.24, 2.45) is 5.41 Å². The first-order valence-electron chi connectivity index (χ1n) is 11.3. The van der Waals surface area contributed by atoms with Crippen molar-refractivity contribution >= 4 is 11.9 Å². The van der Waals surface area contributed by atoms with Crippen LogP contribution < -0.4 is 0 Å². The second-order valence-electron chi connectivity index (χ2n) is 9.46. The molecule has 1 spiro atoms. The van der Waals surface area contributed by atoms with Gasteiger partial charge in [-0.05, 0) is 79.2 Å². The van der Waals surface area contributed by atoms with Gasteiger partial charge in [0, 0.05) is 19.2 Å². The molecule has 1 unspecified atom stereocenters. The summed E-state index contributed by atoms with van der Waals surface area (Å²) in [6.07, 6.45) is 4.97. The number of carboxylic acids is 1. The van der Waals surface area contributed by atoms with Gasteiger partial charge in [-0.25, -0.2) is 4.79 Å². The second-order valence-corrected chi connectivity index (χ2v) is 9.46. The van der Waals surface area contributed by atoms with Gasteiger partial charge in [0.2, 0.25) is 0 Å². The molecule has 0 bridgehead atoms. The fourth-order valence-electron chi connectivity index (χ4n) is 5.68. The number of likely N-dealkylation sites (tertiary alicyclic amines) is 1. The standard InChI is InChI=1S/C26H29NO4/c1-17-15-26(12-13-27(17)24(28)23-3-2-14-31-23)16-22(26)20-8-4-18(5-9-20)19-6-10-21(11-7-19)25(29)30/h4-11,17,22-23H,2-3,12-16H2,1H3,(H,29,30)/t17-,22-,23+,26?/m0/s1. The fourth-order valence-corrected chi connectivity index (χ4v) is 5.68. The van der Waals surface area contributed by atoms with E-state index in [9.17, 15) is 9.59 Å². The van der Waals surface area contributed by atoms with Gasteiger partial charge < -0.3 is 14.7 Å². The summed E-state index contributed by atoms with van der Waals surface area (Å²) in [6.45, 7) is 3.74. The lowest BCUT2D eigenvalue weighted by molar-refractivity contribution is -0.145. The van der Waals surface area contributed by atoms with E-state index in [2.05, 4.69) is 36.1 Å². The highest BCUT2D eigenvalue weighted by Gasteiger charge is 2.57. The lowest BCUT2D eigenvalue weighted by atomic mass is 9.84. The molecule has 3 fully saturated rings. The summed E-state index contributed by atoms with van der Waals surface area (Å²) in [6, 6.07) is 16.0. The fraction of sp³-hybridized carbons (Fsp3) is 0.462. The SMILES string of the molecule is C[C@H]1CC2(CCN1C(=O)[C@H]1CCCO1)C[C@H]2c1ccc(-c2ccc(C(=O)O)cc2)cc1. The van der Waals surface area contributed by atoms with Crippen LogP contribution in [0, 0.1) is 5.41 Å². The van der Waals surface area contributed by atoms with Crippen molar-refractivity contribution in [3.8, 4) is 11.1 Å². The number of benzene rings is 2. The van der Waals surface area contributed by atoms with Gasteiger partial charge in [0.1, 0.15) is 6.10 Å². The van der Waals surface area contributed by atoms with E-state index in [0.717, 1.165) is 43.4 Å². The topological polar surface area (TPSA) is 66.8 Å². The van der Waals surface area contributed by atoms with Gasteiger partial charge in [-0.15, -0.1) is 0 Å². The Hall–Kier alpha value is -2.66. The molecule has 2 aromatic rings. The van der Waals surface area contributed by atoms with Crippen molar-refractivity contribution in [2.75, 3.05) is 13.2 Å². The first-order chi connectivity index (χ1) is 15.0. The third-order valence-corrected chi connectivity index (χ3v) is 7.54. The molecule has 1 saturated carbocycles. The molecule has 4 atom stereocenters. The van der Waals surface area contributed by atoms with E-state index >= 15 is 0 Å². The molecule has 2 aromatic carbocycles. The van der Waals surface area contributed by atoms with Crippen LogP contribution in [0.15, 0.2) is 48.5 Å². The van der Waals surface area contributed by atoms with Gasteiger partial charge in [0.25, 0.3) is 5.91 Å². The molecule has 162 valence electrons. The highest BCUT2D eigenvalue weighted by molar-refractivity contribution is 5.88. The van der Waals surface area contributed by atoms with Crippen LogP contribution in [0.1, 0.15) is 60.9 Å². The minimum atomic E-state index is -0.904. The molecular formula is C26H29NO4. The molecule has 1 amide bonds. The number of amides is 1. The lowest BCUT2D eigenvalue weighted by Crippen LogP contribution is -2.49. The van der Waals surface area contributed by atoms with Gasteiger partial charge in [-0.3, -0.25) is 4.79 Å². The lowest BCUT2D eigenvalue weighted by Gasteiger charge is -2.39. The zero-order valence-corrected chi connectivity index (χ0v) is 17.9. The quantitative estimate of drug-likeness (QED) is 0.779. The monoisotopic (exact) mass is 419 g/mol. The Morgan fingerprint density at radius 2 is 1.71 bits per heavy atom. The number of hydrogen-bond acceptors (Lipinski definition) is 3. The average Bonchev–Trinajstić information content (AvgIpc) is 3.20. The maximum absolute atomic E-state index is 12.8. The van der Waals surface area contributed by atoms with Gasteiger partial charge in [-0.2, -0.15) is 0 Å². The molecule has 0 radical (unpaired) electrons. The van der Waals surface area contributed by atoms with Crippen molar-refractivity contribution in [2.45, 2.75) is 57.1 Å². The molecule has 3 aliphatic rings. The van der Waals surface area contributed by atoms with Crippen molar-refractivity contribution < 1.29 is 19.4 Å². The molecule has 0 aromatic heterocycles. The average molecular weight is 420 g/mol. The van der Waals surface area contributed by atoms with Crippen LogP contribution in [0.25, 0.3) is 11.1 Å². The largest absolute Gasteiger partial charge is 0.478 e. The van der Waals surface area contributed by atoms with Crippen LogP contribution >= 0.6 is 0 Å². The molecule has 2 aliphatic heterocycles. The minimum Gasteiger partial charge on any atom is -0.478 e. The van der Waals surface area contributed by atoms with Crippen LogP contribution in [0.3, 0.4) is 0 Å². The van der Waals surface area contributed by atoms with E-state index in [1.165, 1.54) is 12.0 Å². The Labute approximate surface area is 183 Å². The van der Waals surface area contributed by atoms with Crippen LogP contribution in [0.5, 0.6) is 0 Å². The molecule has 1 aliphatic carbocycles. The first-order valence-corrected chi connectivity index (χ1v) is 11.3. The van der Waals surface area contributed by atoms with Crippen LogP contribution in [0.4, 0.5) is 0 Å². The predicted molar refractivity (Wildman–Crippen MR) is 118 cm³/mol. The number of carbonyl (C=O) groups excluding carboxylic acids is 1. The van der Waals surface area contributed by atoms with E-state index in [1.807, 2.05) is 12.1 Å². The Morgan fingerprint density at radius 1 is 1.03 bits per heavy atom. The second kappa shape index (κ2) is 7.79. The predicted octanol–water partition coefficient (Wildman–Crippen LogP) is 4.72. The number of nitrogens with zero attached hydrogens (tertiary/aromatic N) is 1. The van der Waals surface area contributed by atoms with Crippen molar-refractivity contribution in [3.63, 3.8) is 0 Å². The molecule has 5 rings (SSSR count). The van der Waals surface area contributed by atoms with Gasteiger partial charge in [-0.1, -0.05) is 36.4 Å². The number of carbonyl (C=O) groups is 2. The molecule has 5 nitrogen and oxygen atoms in total. The number of carboxylic acid groups (broad SMARTS) is 1. The maximum atomic E-state index is 12.8. The Morgan fingerprint density at radius 3 is 2.29 bits per heavy atom. The summed E-state index contributed by atoms with van der Waals surface area (Å²) < 4.78 is 5.62. The highest BCUT2D eigenvalue weighted by atomic mass is 16.5. The summed E-state index contributed by atoms with van der Waals surface area (Å²) in [4.78, 5) is 25.9. The van der Waals surface area contributed by atoms with E-state index in [1.54, 1.807) is 12.1 Å². The van der Waals surface area contributed by atoms with Crippen molar-refractivity contribution in [1.82, 2.24) is 4.90 Å². The Bertz CT molecular complexity index is 977.